The van der Waals surface area contributed by atoms with Crippen LogP contribution in [0.25, 0.3) is 0 Å². The number of carbonyl (C=O) groups is 3. The summed E-state index contributed by atoms with van der Waals surface area (Å²) >= 11 is 0. The lowest BCUT2D eigenvalue weighted by Gasteiger charge is -2.22. The summed E-state index contributed by atoms with van der Waals surface area (Å²) in [5.41, 5.74) is -0.660. The normalized spacial score (nSPS) is 12.5. The van der Waals surface area contributed by atoms with Gasteiger partial charge in [-0.1, -0.05) is 0 Å². The topological polar surface area (TPSA) is 81.7 Å². The number of esters is 1. The average molecular weight is 319 g/mol. The van der Waals surface area contributed by atoms with E-state index in [2.05, 4.69) is 10.1 Å². The van der Waals surface area contributed by atoms with Crippen molar-refractivity contribution in [3.63, 3.8) is 0 Å². The van der Waals surface area contributed by atoms with E-state index in [1.807, 2.05) is 12.5 Å². The van der Waals surface area contributed by atoms with E-state index >= 15 is 0 Å². The summed E-state index contributed by atoms with van der Waals surface area (Å²) < 4.78 is 9.71. The summed E-state index contributed by atoms with van der Waals surface area (Å²) in [4.78, 5) is 35.0. The summed E-state index contributed by atoms with van der Waals surface area (Å²) in [6, 6.07) is -0.891. The molecule has 1 N–H and O–H groups in total. The lowest BCUT2D eigenvalue weighted by molar-refractivity contribution is -0.143. The number of Topliss-reactive ketones (excluding diaryl/α,β-unsaturated/α-hetero) is 1. The third-order valence-corrected chi connectivity index (χ3v) is 2.96. The molecule has 6 nitrogen and oxygen atoms in total. The maximum atomic E-state index is 11.7. The number of hydrogen-bond acceptors (Lipinski definition) is 5. The van der Waals surface area contributed by atoms with Gasteiger partial charge in [0.25, 0.3) is 0 Å². The van der Waals surface area contributed by atoms with Gasteiger partial charge in [0.2, 0.25) is 0 Å². The van der Waals surface area contributed by atoms with Crippen LogP contribution in [0.4, 0.5) is 4.79 Å². The van der Waals surface area contributed by atoms with Crippen LogP contribution >= 0.6 is 10.5 Å². The molecule has 0 aromatic rings. The van der Waals surface area contributed by atoms with Gasteiger partial charge >= 0.3 is 12.1 Å². The highest BCUT2D eigenvalue weighted by Crippen LogP contribution is 2.08. The van der Waals surface area contributed by atoms with Crippen LogP contribution in [0.5, 0.6) is 0 Å². The molecule has 1 amide bonds. The number of ether oxygens (including phenoxy) is 2. The Hall–Kier alpha value is -1.37. The van der Waals surface area contributed by atoms with E-state index in [-0.39, 0.29) is 29.1 Å². The van der Waals surface area contributed by atoms with Crippen molar-refractivity contribution in [2.75, 3.05) is 19.6 Å². The zero-order valence-electron chi connectivity index (χ0n) is 13.5. The zero-order valence-corrected chi connectivity index (χ0v) is 14.3. The Morgan fingerprint density at radius 1 is 1.24 bits per heavy atom. The van der Waals surface area contributed by atoms with E-state index < -0.39 is 23.7 Å². The fourth-order valence-corrected chi connectivity index (χ4v) is 2.09. The Kier molecular flexibility index (Phi) is 8.24. The molecule has 122 valence electrons. The van der Waals surface area contributed by atoms with Crippen molar-refractivity contribution < 1.29 is 23.9 Å². The first kappa shape index (κ1) is 19.6. The third-order valence-electron chi connectivity index (χ3n) is 2.22. The van der Waals surface area contributed by atoms with Crippen LogP contribution in [0.15, 0.2) is 0 Å². The van der Waals surface area contributed by atoms with Crippen LogP contribution < -0.4 is 5.32 Å². The number of ketones is 1. The van der Waals surface area contributed by atoms with E-state index in [1.54, 1.807) is 26.1 Å². The van der Waals surface area contributed by atoms with Gasteiger partial charge in [0.1, 0.15) is 11.6 Å². The predicted octanol–water partition coefficient (Wildman–Crippen LogP) is 1.73. The highest BCUT2D eigenvalue weighted by Gasteiger charge is 2.25. The third kappa shape index (κ3) is 10.1. The second kappa shape index (κ2) is 8.81. The molecule has 0 heterocycles. The summed E-state index contributed by atoms with van der Waals surface area (Å²) in [5.74, 6) is -0.649. The summed E-state index contributed by atoms with van der Waals surface area (Å²) in [5, 5.41) is 4.05. The van der Waals surface area contributed by atoms with Gasteiger partial charge in [-0.05, 0) is 39.7 Å². The minimum Gasteiger partial charge on any atom is -0.467 e. The van der Waals surface area contributed by atoms with E-state index in [9.17, 15) is 14.4 Å². The number of rotatable bonds is 6. The Balaban J connectivity index is 4.61. The molecule has 0 saturated heterocycles. The van der Waals surface area contributed by atoms with Crippen molar-refractivity contribution in [1.82, 2.24) is 5.32 Å². The fraction of sp³-hybridized carbons (Fsp3) is 0.714. The first-order valence-electron chi connectivity index (χ1n) is 6.56. The molecule has 0 radical (unpaired) electrons. The molecule has 7 heteroatoms. The molecule has 0 aliphatic carbocycles. The SMILES string of the molecule is COC(=O)C(CCC(=O)C=S(C)C)NC(=O)OC(C)(C)C. The molecule has 0 rings (SSSR count). The largest absolute Gasteiger partial charge is 0.467 e. The summed E-state index contributed by atoms with van der Waals surface area (Å²) in [6.45, 7) is 5.17. The van der Waals surface area contributed by atoms with Crippen molar-refractivity contribution in [2.45, 2.75) is 45.3 Å². The van der Waals surface area contributed by atoms with Gasteiger partial charge in [-0.15, -0.1) is 0 Å². The monoisotopic (exact) mass is 319 g/mol. The number of methoxy groups -OCH3 is 1. The average Bonchev–Trinajstić information content (AvgIpc) is 2.30. The Morgan fingerprint density at radius 2 is 1.81 bits per heavy atom. The van der Waals surface area contributed by atoms with Crippen LogP contribution in [-0.4, -0.2) is 54.5 Å². The maximum Gasteiger partial charge on any atom is 0.408 e. The minimum atomic E-state index is -0.891. The number of carbonyl (C=O) groups excluding carboxylic acids is 3. The van der Waals surface area contributed by atoms with Crippen LogP contribution in [-0.2, 0) is 19.1 Å². The molecule has 0 bridgehead atoms. The Labute approximate surface area is 128 Å². The van der Waals surface area contributed by atoms with E-state index in [1.165, 1.54) is 7.11 Å². The second-order valence-corrected chi connectivity index (χ2v) is 7.72. The Bertz CT molecular complexity index is 422. The van der Waals surface area contributed by atoms with Crippen molar-refractivity contribution in [1.29, 1.82) is 0 Å². The quantitative estimate of drug-likeness (QED) is 0.595. The van der Waals surface area contributed by atoms with Gasteiger partial charge in [-0.25, -0.2) is 9.59 Å². The van der Waals surface area contributed by atoms with Gasteiger partial charge < -0.3 is 14.8 Å². The van der Waals surface area contributed by atoms with Crippen molar-refractivity contribution >= 4 is 33.7 Å². The van der Waals surface area contributed by atoms with Crippen molar-refractivity contribution in [3.05, 3.63) is 0 Å². The molecular weight excluding hydrogens is 294 g/mol. The van der Waals surface area contributed by atoms with Crippen molar-refractivity contribution in [3.8, 4) is 0 Å². The second-order valence-electron chi connectivity index (χ2n) is 5.72. The smallest absolute Gasteiger partial charge is 0.408 e. The van der Waals surface area contributed by atoms with Crippen molar-refractivity contribution in [2.24, 2.45) is 0 Å². The predicted molar refractivity (Wildman–Crippen MR) is 84.9 cm³/mol. The highest BCUT2D eigenvalue weighted by molar-refractivity contribution is 8.14. The van der Waals surface area contributed by atoms with Gasteiger partial charge in [0.05, 0.1) is 7.11 Å². The number of amides is 1. The van der Waals surface area contributed by atoms with Gasteiger partial charge in [-0.2, -0.15) is 10.5 Å². The van der Waals surface area contributed by atoms with Crippen LogP contribution in [0, 0.1) is 0 Å². The van der Waals surface area contributed by atoms with Crippen LogP contribution in [0.2, 0.25) is 0 Å². The molecular formula is C14H25NO5S. The summed E-state index contributed by atoms with van der Waals surface area (Å²) in [7, 11) is 1.13. The lowest BCUT2D eigenvalue weighted by atomic mass is 10.1. The number of hydrogen-bond donors (Lipinski definition) is 1. The highest BCUT2D eigenvalue weighted by atomic mass is 32.2. The van der Waals surface area contributed by atoms with Crippen LogP contribution in [0.3, 0.4) is 0 Å². The first-order valence-corrected chi connectivity index (χ1v) is 8.67. The lowest BCUT2D eigenvalue weighted by Crippen LogP contribution is -2.44. The molecule has 0 aliphatic rings. The van der Waals surface area contributed by atoms with Gasteiger partial charge in [0.15, 0.2) is 5.78 Å². The Morgan fingerprint density at radius 3 is 2.24 bits per heavy atom. The van der Waals surface area contributed by atoms with E-state index in [0.29, 0.717) is 0 Å². The van der Waals surface area contributed by atoms with Gasteiger partial charge in [-0.3, -0.25) is 4.79 Å². The molecule has 0 spiro atoms. The van der Waals surface area contributed by atoms with Crippen LogP contribution in [0.1, 0.15) is 33.6 Å². The minimum absolute atomic E-state index is 0.0526. The van der Waals surface area contributed by atoms with E-state index in [0.717, 1.165) is 0 Å². The first-order chi connectivity index (χ1) is 9.55. The molecule has 0 fully saturated rings. The fourth-order valence-electron chi connectivity index (χ4n) is 1.45. The van der Waals surface area contributed by atoms with Gasteiger partial charge in [0, 0.05) is 11.8 Å². The molecule has 0 aliphatic heterocycles. The molecule has 0 aromatic carbocycles. The standard InChI is InChI=1S/C14H25NO5S/c1-14(2,3)20-13(18)15-11(12(17)19-4)8-7-10(16)9-21(5)6/h9,11H,7-8H2,1-6H3,(H,15,18). The molecule has 0 aromatic heterocycles. The molecule has 0 saturated carbocycles. The summed E-state index contributed by atoms with van der Waals surface area (Å²) in [6.07, 6.45) is 3.49. The zero-order chi connectivity index (χ0) is 16.6. The maximum absolute atomic E-state index is 11.7. The number of alkyl carbamates (subject to hydrolysis) is 1. The molecule has 21 heavy (non-hydrogen) atoms. The number of nitrogens with one attached hydrogen (secondary N) is 1. The molecule has 1 atom stereocenters. The molecule has 1 unspecified atom stereocenters. The van der Waals surface area contributed by atoms with E-state index in [4.69, 9.17) is 4.74 Å².